The SMILES string of the molecule is CCC(C(=O)OOC(=O)C(CC)c1ccccc1)c1ccccc1. The molecule has 0 N–H and O–H groups in total. The van der Waals surface area contributed by atoms with Gasteiger partial charge < -0.3 is 0 Å². The minimum absolute atomic E-state index is 0.448. The van der Waals surface area contributed by atoms with Crippen LogP contribution >= 0.6 is 0 Å². The second-order valence-corrected chi connectivity index (χ2v) is 5.55. The van der Waals surface area contributed by atoms with Crippen molar-refractivity contribution in [1.29, 1.82) is 0 Å². The average Bonchev–Trinajstić information content (AvgIpc) is 2.63. The van der Waals surface area contributed by atoms with E-state index in [1.807, 2.05) is 74.5 Å². The predicted octanol–water partition coefficient (Wildman–Crippen LogP) is 4.38. The van der Waals surface area contributed by atoms with E-state index in [4.69, 9.17) is 9.78 Å². The number of hydrogen-bond acceptors (Lipinski definition) is 4. The summed E-state index contributed by atoms with van der Waals surface area (Å²) in [5.74, 6) is -2.01. The first-order chi connectivity index (χ1) is 11.7. The van der Waals surface area contributed by atoms with E-state index in [9.17, 15) is 9.59 Å². The Balaban J connectivity index is 1.98. The van der Waals surface area contributed by atoms with Crippen molar-refractivity contribution in [2.75, 3.05) is 0 Å². The lowest BCUT2D eigenvalue weighted by Gasteiger charge is -2.15. The van der Waals surface area contributed by atoms with Gasteiger partial charge in [-0.3, -0.25) is 0 Å². The molecule has 2 atom stereocenters. The number of benzene rings is 2. The molecule has 0 aliphatic carbocycles. The Bertz CT molecular complexity index is 592. The van der Waals surface area contributed by atoms with Gasteiger partial charge in [-0.2, -0.15) is 0 Å². The summed E-state index contributed by atoms with van der Waals surface area (Å²) in [6.07, 6.45) is 1.13. The summed E-state index contributed by atoms with van der Waals surface area (Å²) in [5, 5.41) is 0. The van der Waals surface area contributed by atoms with Crippen molar-refractivity contribution in [1.82, 2.24) is 0 Å². The van der Waals surface area contributed by atoms with E-state index in [0.29, 0.717) is 12.8 Å². The van der Waals surface area contributed by atoms with Gasteiger partial charge in [0.15, 0.2) is 0 Å². The minimum atomic E-state index is -0.556. The largest absolute Gasteiger partial charge is 0.362 e. The quantitative estimate of drug-likeness (QED) is 0.584. The van der Waals surface area contributed by atoms with Gasteiger partial charge in [0.05, 0.1) is 11.8 Å². The lowest BCUT2D eigenvalue weighted by Crippen LogP contribution is -2.21. The maximum absolute atomic E-state index is 12.2. The van der Waals surface area contributed by atoms with E-state index in [1.54, 1.807) is 0 Å². The third kappa shape index (κ3) is 4.44. The Morgan fingerprint density at radius 1 is 0.708 bits per heavy atom. The Hall–Kier alpha value is -2.62. The monoisotopic (exact) mass is 326 g/mol. The predicted molar refractivity (Wildman–Crippen MR) is 91.1 cm³/mol. The van der Waals surface area contributed by atoms with Crippen LogP contribution < -0.4 is 0 Å². The van der Waals surface area contributed by atoms with Gasteiger partial charge in [-0.05, 0) is 24.0 Å². The van der Waals surface area contributed by atoms with Crippen LogP contribution in [0.3, 0.4) is 0 Å². The maximum atomic E-state index is 12.2. The summed E-state index contributed by atoms with van der Waals surface area (Å²) in [6, 6.07) is 18.6. The Morgan fingerprint density at radius 3 is 1.33 bits per heavy atom. The molecule has 0 spiro atoms. The summed E-state index contributed by atoms with van der Waals surface area (Å²) in [5.41, 5.74) is 1.69. The summed E-state index contributed by atoms with van der Waals surface area (Å²) in [6.45, 7) is 3.78. The molecule has 0 bridgehead atoms. The Labute approximate surface area is 142 Å². The summed E-state index contributed by atoms with van der Waals surface area (Å²) in [7, 11) is 0. The first-order valence-corrected chi connectivity index (χ1v) is 8.19. The molecule has 0 fully saturated rings. The summed E-state index contributed by atoms with van der Waals surface area (Å²) >= 11 is 0. The molecule has 0 amide bonds. The highest BCUT2D eigenvalue weighted by atomic mass is 17.2. The van der Waals surface area contributed by atoms with Gasteiger partial charge in [0.25, 0.3) is 0 Å². The molecule has 126 valence electrons. The number of carbonyl (C=O) groups is 2. The molecule has 4 heteroatoms. The van der Waals surface area contributed by atoms with E-state index >= 15 is 0 Å². The van der Waals surface area contributed by atoms with Crippen molar-refractivity contribution in [3.63, 3.8) is 0 Å². The average molecular weight is 326 g/mol. The molecule has 0 saturated carbocycles. The van der Waals surface area contributed by atoms with Gasteiger partial charge in [-0.25, -0.2) is 19.4 Å². The summed E-state index contributed by atoms with van der Waals surface area (Å²) in [4.78, 5) is 34.1. The topological polar surface area (TPSA) is 52.6 Å². The molecule has 0 aromatic heterocycles. The van der Waals surface area contributed by atoms with Crippen LogP contribution in [-0.4, -0.2) is 11.9 Å². The van der Waals surface area contributed by atoms with Gasteiger partial charge in [-0.1, -0.05) is 74.5 Å². The van der Waals surface area contributed by atoms with Crippen molar-refractivity contribution in [2.45, 2.75) is 38.5 Å². The van der Waals surface area contributed by atoms with Crippen LogP contribution in [0.2, 0.25) is 0 Å². The van der Waals surface area contributed by atoms with Gasteiger partial charge >= 0.3 is 11.9 Å². The highest BCUT2D eigenvalue weighted by molar-refractivity contribution is 5.81. The maximum Gasteiger partial charge on any atom is 0.362 e. The first kappa shape index (κ1) is 17.7. The molecule has 0 aliphatic rings. The number of hydrogen-bond donors (Lipinski definition) is 0. The van der Waals surface area contributed by atoms with Crippen molar-refractivity contribution in [2.24, 2.45) is 0 Å². The Morgan fingerprint density at radius 2 is 1.04 bits per heavy atom. The highest BCUT2D eigenvalue weighted by Crippen LogP contribution is 2.23. The van der Waals surface area contributed by atoms with Crippen molar-refractivity contribution < 1.29 is 19.4 Å². The van der Waals surface area contributed by atoms with Crippen molar-refractivity contribution >= 4 is 11.9 Å². The zero-order valence-electron chi connectivity index (χ0n) is 14.0. The number of carbonyl (C=O) groups excluding carboxylic acids is 2. The minimum Gasteiger partial charge on any atom is -0.247 e. The molecular weight excluding hydrogens is 304 g/mol. The molecule has 2 rings (SSSR count). The van der Waals surface area contributed by atoms with E-state index in [2.05, 4.69) is 0 Å². The second-order valence-electron chi connectivity index (χ2n) is 5.55. The fourth-order valence-corrected chi connectivity index (χ4v) is 2.65. The van der Waals surface area contributed by atoms with Crippen LogP contribution in [0.4, 0.5) is 0 Å². The molecule has 0 heterocycles. The van der Waals surface area contributed by atoms with Gasteiger partial charge in [0, 0.05) is 0 Å². The first-order valence-electron chi connectivity index (χ1n) is 8.19. The zero-order chi connectivity index (χ0) is 17.4. The normalized spacial score (nSPS) is 12.9. The molecule has 2 aromatic rings. The smallest absolute Gasteiger partial charge is 0.247 e. The zero-order valence-corrected chi connectivity index (χ0v) is 14.0. The third-order valence-corrected chi connectivity index (χ3v) is 4.00. The lowest BCUT2D eigenvalue weighted by molar-refractivity contribution is -0.261. The van der Waals surface area contributed by atoms with Gasteiger partial charge in [0.2, 0.25) is 0 Å². The van der Waals surface area contributed by atoms with E-state index in [-0.39, 0.29) is 0 Å². The second kappa shape index (κ2) is 8.87. The molecule has 0 radical (unpaired) electrons. The molecule has 4 nitrogen and oxygen atoms in total. The van der Waals surface area contributed by atoms with Crippen molar-refractivity contribution in [3.05, 3.63) is 71.8 Å². The number of rotatable bonds is 6. The van der Waals surface area contributed by atoms with Crippen LogP contribution in [0.15, 0.2) is 60.7 Å². The van der Waals surface area contributed by atoms with Crippen LogP contribution in [0.25, 0.3) is 0 Å². The van der Waals surface area contributed by atoms with Crippen LogP contribution in [0, 0.1) is 0 Å². The fourth-order valence-electron chi connectivity index (χ4n) is 2.65. The van der Waals surface area contributed by atoms with Gasteiger partial charge in [-0.15, -0.1) is 0 Å². The van der Waals surface area contributed by atoms with Crippen LogP contribution in [-0.2, 0) is 19.4 Å². The lowest BCUT2D eigenvalue weighted by atomic mass is 9.97. The highest BCUT2D eigenvalue weighted by Gasteiger charge is 2.26. The van der Waals surface area contributed by atoms with E-state index in [0.717, 1.165) is 11.1 Å². The molecular formula is C20H22O4. The molecule has 2 unspecified atom stereocenters. The standard InChI is InChI=1S/C20H22O4/c1-3-17(15-11-7-5-8-12-15)19(21)23-24-20(22)18(4-2)16-13-9-6-10-14-16/h5-14,17-18H,3-4H2,1-2H3. The van der Waals surface area contributed by atoms with Crippen molar-refractivity contribution in [3.8, 4) is 0 Å². The van der Waals surface area contributed by atoms with Gasteiger partial charge in [0.1, 0.15) is 0 Å². The van der Waals surface area contributed by atoms with Crippen LogP contribution in [0.5, 0.6) is 0 Å². The molecule has 0 saturated heterocycles. The Kier molecular flexibility index (Phi) is 6.55. The molecule has 0 aliphatic heterocycles. The fraction of sp³-hybridized carbons (Fsp3) is 0.300. The van der Waals surface area contributed by atoms with E-state index < -0.39 is 23.8 Å². The van der Waals surface area contributed by atoms with Crippen LogP contribution in [0.1, 0.15) is 49.7 Å². The summed E-state index contributed by atoms with van der Waals surface area (Å²) < 4.78 is 0. The van der Waals surface area contributed by atoms with E-state index in [1.165, 1.54) is 0 Å². The molecule has 2 aromatic carbocycles. The molecule has 24 heavy (non-hydrogen) atoms. The third-order valence-electron chi connectivity index (χ3n) is 4.00.